The lowest BCUT2D eigenvalue weighted by atomic mass is 10.1. The summed E-state index contributed by atoms with van der Waals surface area (Å²) >= 11 is 5.68. The van der Waals surface area contributed by atoms with Gasteiger partial charge in [-0.1, -0.05) is 0 Å². The lowest BCUT2D eigenvalue weighted by molar-refractivity contribution is -0.140. The highest BCUT2D eigenvalue weighted by Crippen LogP contribution is 2.04. The third kappa shape index (κ3) is 3.75. The van der Waals surface area contributed by atoms with E-state index in [9.17, 15) is 9.59 Å². The molecule has 18 heavy (non-hydrogen) atoms. The van der Waals surface area contributed by atoms with Gasteiger partial charge in [-0.05, 0) is 24.3 Å². The number of nitrogens with one attached hydrogen (secondary N) is 1. The van der Waals surface area contributed by atoms with Crippen LogP contribution in [-0.4, -0.2) is 30.9 Å². The Labute approximate surface area is 109 Å². The van der Waals surface area contributed by atoms with Gasteiger partial charge in [0.15, 0.2) is 0 Å². The minimum atomic E-state index is -0.919. The van der Waals surface area contributed by atoms with Crippen LogP contribution in [0.2, 0.25) is 0 Å². The molecule has 0 saturated carbocycles. The van der Waals surface area contributed by atoms with Crippen LogP contribution in [-0.2, 0) is 9.53 Å². The molecular formula is C12H11ClN2O3. The maximum absolute atomic E-state index is 11.7. The van der Waals surface area contributed by atoms with Crippen LogP contribution in [0, 0.1) is 11.3 Å². The molecular weight excluding hydrogens is 256 g/mol. The fourth-order valence-electron chi connectivity index (χ4n) is 1.19. The Bertz CT molecular complexity index is 479. The normalized spacial score (nSPS) is 11.2. The number of benzene rings is 1. The summed E-state index contributed by atoms with van der Waals surface area (Å²) in [5.74, 6) is -0.967. The van der Waals surface area contributed by atoms with E-state index in [1.807, 2.05) is 6.07 Å². The fourth-order valence-corrected chi connectivity index (χ4v) is 1.36. The molecule has 0 bridgehead atoms. The summed E-state index contributed by atoms with van der Waals surface area (Å²) in [5, 5.41) is 10.2. The van der Waals surface area contributed by atoms with Crippen molar-refractivity contribution < 1.29 is 14.3 Å². The summed E-state index contributed by atoms with van der Waals surface area (Å²) in [5.41, 5.74) is 0.860. The number of methoxy groups -OCH3 is 1. The van der Waals surface area contributed by atoms with Gasteiger partial charge < -0.3 is 10.1 Å². The van der Waals surface area contributed by atoms with Crippen molar-refractivity contribution in [2.24, 2.45) is 0 Å². The molecule has 0 aliphatic rings. The molecule has 1 N–H and O–H groups in total. The average Bonchev–Trinajstić information content (AvgIpc) is 2.43. The van der Waals surface area contributed by atoms with Crippen molar-refractivity contribution >= 4 is 23.5 Å². The quantitative estimate of drug-likeness (QED) is 0.653. The SMILES string of the molecule is COC(=O)C(Cl)CNC(=O)c1ccc(C#N)cc1. The Morgan fingerprint density at radius 3 is 2.56 bits per heavy atom. The molecule has 0 aliphatic carbocycles. The van der Waals surface area contributed by atoms with Crippen molar-refractivity contribution in [3.63, 3.8) is 0 Å². The van der Waals surface area contributed by atoms with Gasteiger partial charge in [0.1, 0.15) is 5.38 Å². The number of amides is 1. The first-order chi connectivity index (χ1) is 8.58. The van der Waals surface area contributed by atoms with Gasteiger partial charge in [-0.3, -0.25) is 9.59 Å². The first kappa shape index (κ1) is 14.0. The zero-order valence-corrected chi connectivity index (χ0v) is 10.4. The first-order valence-corrected chi connectivity index (χ1v) is 5.52. The van der Waals surface area contributed by atoms with E-state index in [0.29, 0.717) is 11.1 Å². The molecule has 1 atom stereocenters. The monoisotopic (exact) mass is 266 g/mol. The Morgan fingerprint density at radius 1 is 1.44 bits per heavy atom. The first-order valence-electron chi connectivity index (χ1n) is 5.08. The molecule has 1 unspecified atom stereocenters. The van der Waals surface area contributed by atoms with Crippen molar-refractivity contribution in [3.05, 3.63) is 35.4 Å². The highest BCUT2D eigenvalue weighted by molar-refractivity contribution is 6.30. The summed E-state index contributed by atoms with van der Waals surface area (Å²) in [7, 11) is 1.22. The number of esters is 1. The van der Waals surface area contributed by atoms with E-state index >= 15 is 0 Å². The number of hydrogen-bond acceptors (Lipinski definition) is 4. The maximum Gasteiger partial charge on any atom is 0.325 e. The average molecular weight is 267 g/mol. The lowest BCUT2D eigenvalue weighted by Crippen LogP contribution is -2.34. The Balaban J connectivity index is 2.55. The number of rotatable bonds is 4. The molecule has 0 spiro atoms. The van der Waals surface area contributed by atoms with Crippen LogP contribution in [0.1, 0.15) is 15.9 Å². The third-order valence-electron chi connectivity index (χ3n) is 2.17. The smallest absolute Gasteiger partial charge is 0.325 e. The zero-order chi connectivity index (χ0) is 13.5. The summed E-state index contributed by atoms with van der Waals surface area (Å²) in [6.45, 7) is -0.0208. The van der Waals surface area contributed by atoms with Crippen molar-refractivity contribution in [2.75, 3.05) is 13.7 Å². The lowest BCUT2D eigenvalue weighted by Gasteiger charge is -2.08. The van der Waals surface area contributed by atoms with Crippen molar-refractivity contribution in [2.45, 2.75) is 5.38 Å². The molecule has 1 aromatic carbocycles. The van der Waals surface area contributed by atoms with Crippen LogP contribution in [0.5, 0.6) is 0 Å². The third-order valence-corrected chi connectivity index (χ3v) is 2.51. The van der Waals surface area contributed by atoms with Crippen LogP contribution in [0.15, 0.2) is 24.3 Å². The van der Waals surface area contributed by atoms with Crippen molar-refractivity contribution in [1.29, 1.82) is 5.26 Å². The summed E-state index contributed by atoms with van der Waals surface area (Å²) in [6, 6.07) is 8.07. The summed E-state index contributed by atoms with van der Waals surface area (Å²) < 4.78 is 4.42. The van der Waals surface area contributed by atoms with Crippen LogP contribution in [0.25, 0.3) is 0 Å². The minimum absolute atomic E-state index is 0.0208. The molecule has 1 amide bonds. The second kappa shape index (κ2) is 6.62. The van der Waals surface area contributed by atoms with E-state index in [4.69, 9.17) is 16.9 Å². The van der Waals surface area contributed by atoms with Gasteiger partial charge in [0.05, 0.1) is 18.7 Å². The topological polar surface area (TPSA) is 79.2 Å². The highest BCUT2D eigenvalue weighted by Gasteiger charge is 2.16. The molecule has 94 valence electrons. The number of carbonyl (C=O) groups excluding carboxylic acids is 2. The number of alkyl halides is 1. The van der Waals surface area contributed by atoms with E-state index in [0.717, 1.165) is 0 Å². The number of halogens is 1. The van der Waals surface area contributed by atoms with Gasteiger partial charge in [-0.15, -0.1) is 11.6 Å². The number of nitrogens with zero attached hydrogens (tertiary/aromatic N) is 1. The molecule has 0 heterocycles. The number of nitriles is 1. The van der Waals surface area contributed by atoms with Gasteiger partial charge in [0, 0.05) is 12.1 Å². The maximum atomic E-state index is 11.7. The van der Waals surface area contributed by atoms with Crippen LogP contribution >= 0.6 is 11.6 Å². The predicted molar refractivity (Wildman–Crippen MR) is 65.1 cm³/mol. The van der Waals surface area contributed by atoms with E-state index < -0.39 is 11.3 Å². The van der Waals surface area contributed by atoms with Gasteiger partial charge in [0.25, 0.3) is 5.91 Å². The largest absolute Gasteiger partial charge is 0.468 e. The second-order valence-electron chi connectivity index (χ2n) is 3.39. The van der Waals surface area contributed by atoms with Gasteiger partial charge in [-0.2, -0.15) is 5.26 Å². The molecule has 0 aliphatic heterocycles. The highest BCUT2D eigenvalue weighted by atomic mass is 35.5. The van der Waals surface area contributed by atoms with Crippen molar-refractivity contribution in [1.82, 2.24) is 5.32 Å². The standard InChI is InChI=1S/C12H11ClN2O3/c1-18-12(17)10(13)7-15-11(16)9-4-2-8(6-14)3-5-9/h2-5,10H,7H2,1H3,(H,15,16). The summed E-state index contributed by atoms with van der Waals surface area (Å²) in [4.78, 5) is 22.7. The Hall–Kier alpha value is -2.06. The molecule has 5 nitrogen and oxygen atoms in total. The second-order valence-corrected chi connectivity index (χ2v) is 3.92. The Kier molecular flexibility index (Phi) is 5.15. The van der Waals surface area contributed by atoms with Crippen LogP contribution < -0.4 is 5.32 Å². The van der Waals surface area contributed by atoms with Crippen molar-refractivity contribution in [3.8, 4) is 6.07 Å². The van der Waals surface area contributed by atoms with Gasteiger partial charge in [0.2, 0.25) is 0 Å². The Morgan fingerprint density at radius 2 is 2.06 bits per heavy atom. The molecule has 6 heteroatoms. The summed E-state index contributed by atoms with van der Waals surface area (Å²) in [6.07, 6.45) is 0. The molecule has 1 rings (SSSR count). The predicted octanol–water partition coefficient (Wildman–Crippen LogP) is 1.07. The molecule has 0 aromatic heterocycles. The number of carbonyl (C=O) groups is 2. The van der Waals surface area contributed by atoms with E-state index in [1.54, 1.807) is 0 Å². The van der Waals surface area contributed by atoms with Crippen LogP contribution in [0.3, 0.4) is 0 Å². The van der Waals surface area contributed by atoms with E-state index in [1.165, 1.54) is 31.4 Å². The fraction of sp³-hybridized carbons (Fsp3) is 0.250. The molecule has 0 fully saturated rings. The van der Waals surface area contributed by atoms with Gasteiger partial charge in [-0.25, -0.2) is 0 Å². The minimum Gasteiger partial charge on any atom is -0.468 e. The number of hydrogen-bond donors (Lipinski definition) is 1. The van der Waals surface area contributed by atoms with Gasteiger partial charge >= 0.3 is 5.97 Å². The molecule has 0 radical (unpaired) electrons. The zero-order valence-electron chi connectivity index (χ0n) is 9.64. The number of ether oxygens (including phenoxy) is 1. The van der Waals surface area contributed by atoms with Crippen LogP contribution in [0.4, 0.5) is 0 Å². The van der Waals surface area contributed by atoms with E-state index in [2.05, 4.69) is 10.1 Å². The molecule has 1 aromatic rings. The molecule has 0 saturated heterocycles. The van der Waals surface area contributed by atoms with E-state index in [-0.39, 0.29) is 12.5 Å².